The highest BCUT2D eigenvalue weighted by Crippen LogP contribution is 2.17. The molecule has 0 N–H and O–H groups in total. The summed E-state index contributed by atoms with van der Waals surface area (Å²) in [5, 5.41) is 0. The predicted octanol–water partition coefficient (Wildman–Crippen LogP) is 3.18. The van der Waals surface area contributed by atoms with Crippen LogP contribution in [-0.4, -0.2) is 12.9 Å². The van der Waals surface area contributed by atoms with Crippen LogP contribution in [0, 0.1) is 12.7 Å². The summed E-state index contributed by atoms with van der Waals surface area (Å²) >= 11 is 0. The van der Waals surface area contributed by atoms with Gasteiger partial charge in [-0.1, -0.05) is 17.7 Å². The van der Waals surface area contributed by atoms with E-state index in [2.05, 4.69) is 0 Å². The van der Waals surface area contributed by atoms with Crippen molar-refractivity contribution in [1.29, 1.82) is 0 Å². The topological polar surface area (TPSA) is 18.5 Å². The lowest BCUT2D eigenvalue weighted by atomic mass is 10.1. The minimum atomic E-state index is -0.207. The maximum absolute atomic E-state index is 13.4. The molecule has 0 bridgehead atoms. The van der Waals surface area contributed by atoms with Crippen LogP contribution in [-0.2, 0) is 16.1 Å². The third-order valence-corrected chi connectivity index (χ3v) is 2.76. The Labute approximate surface area is 95.4 Å². The summed E-state index contributed by atoms with van der Waals surface area (Å²) in [5.41, 5.74) is 1.65. The molecule has 16 heavy (non-hydrogen) atoms. The number of ether oxygens (including phenoxy) is 2. The van der Waals surface area contributed by atoms with Gasteiger partial charge < -0.3 is 9.47 Å². The molecular formula is C13H17FO2. The molecule has 2 nitrogen and oxygen atoms in total. The SMILES string of the molecule is Cc1ccc(F)c(COC2CCCCO2)c1. The first-order valence-corrected chi connectivity index (χ1v) is 5.74. The van der Waals surface area contributed by atoms with Crippen LogP contribution in [0.15, 0.2) is 18.2 Å². The normalized spacial score (nSPS) is 21.0. The molecule has 1 atom stereocenters. The van der Waals surface area contributed by atoms with Gasteiger partial charge in [0.25, 0.3) is 0 Å². The molecule has 0 spiro atoms. The Morgan fingerprint density at radius 1 is 1.44 bits per heavy atom. The Kier molecular flexibility index (Phi) is 3.91. The predicted molar refractivity (Wildman–Crippen MR) is 59.5 cm³/mol. The van der Waals surface area contributed by atoms with E-state index < -0.39 is 0 Å². The van der Waals surface area contributed by atoms with E-state index in [1.807, 2.05) is 13.0 Å². The summed E-state index contributed by atoms with van der Waals surface area (Å²) in [7, 11) is 0. The third-order valence-electron chi connectivity index (χ3n) is 2.76. The van der Waals surface area contributed by atoms with Crippen LogP contribution in [0.1, 0.15) is 30.4 Å². The minimum absolute atomic E-state index is 0.159. The molecular weight excluding hydrogens is 207 g/mol. The number of benzene rings is 1. The second-order valence-electron chi connectivity index (χ2n) is 4.20. The average Bonchev–Trinajstić information content (AvgIpc) is 2.32. The fourth-order valence-corrected chi connectivity index (χ4v) is 1.84. The number of halogens is 1. The molecule has 0 aromatic heterocycles. The fraction of sp³-hybridized carbons (Fsp3) is 0.538. The number of hydrogen-bond donors (Lipinski definition) is 0. The summed E-state index contributed by atoms with van der Waals surface area (Å²) in [5.74, 6) is -0.207. The van der Waals surface area contributed by atoms with Gasteiger partial charge in [-0.3, -0.25) is 0 Å². The van der Waals surface area contributed by atoms with Gasteiger partial charge in [0.1, 0.15) is 5.82 Å². The maximum atomic E-state index is 13.4. The zero-order chi connectivity index (χ0) is 11.4. The van der Waals surface area contributed by atoms with E-state index in [4.69, 9.17) is 9.47 Å². The average molecular weight is 224 g/mol. The second-order valence-corrected chi connectivity index (χ2v) is 4.20. The van der Waals surface area contributed by atoms with Gasteiger partial charge in [-0.25, -0.2) is 4.39 Å². The van der Waals surface area contributed by atoms with Gasteiger partial charge in [0.2, 0.25) is 0 Å². The Hall–Kier alpha value is -0.930. The standard InChI is InChI=1S/C13H17FO2/c1-10-5-6-12(14)11(8-10)9-16-13-4-2-3-7-15-13/h5-6,8,13H,2-4,7,9H2,1H3. The molecule has 1 heterocycles. The van der Waals surface area contributed by atoms with E-state index in [-0.39, 0.29) is 18.7 Å². The first-order valence-electron chi connectivity index (χ1n) is 5.74. The van der Waals surface area contributed by atoms with Crippen molar-refractivity contribution < 1.29 is 13.9 Å². The zero-order valence-electron chi connectivity index (χ0n) is 9.54. The minimum Gasteiger partial charge on any atom is -0.353 e. The van der Waals surface area contributed by atoms with Crippen LogP contribution in [0.3, 0.4) is 0 Å². The summed E-state index contributed by atoms with van der Waals surface area (Å²) in [6.07, 6.45) is 2.97. The van der Waals surface area contributed by atoms with Crippen molar-refractivity contribution in [2.24, 2.45) is 0 Å². The molecule has 1 saturated heterocycles. The second kappa shape index (κ2) is 5.41. The van der Waals surface area contributed by atoms with Crippen LogP contribution in [0.5, 0.6) is 0 Å². The smallest absolute Gasteiger partial charge is 0.158 e. The molecule has 0 saturated carbocycles. The van der Waals surface area contributed by atoms with Crippen molar-refractivity contribution in [3.8, 4) is 0 Å². The Balaban J connectivity index is 1.90. The quantitative estimate of drug-likeness (QED) is 0.785. The van der Waals surface area contributed by atoms with E-state index in [0.717, 1.165) is 31.4 Å². The molecule has 1 fully saturated rings. The van der Waals surface area contributed by atoms with E-state index >= 15 is 0 Å². The summed E-state index contributed by atoms with van der Waals surface area (Å²) < 4.78 is 24.4. The Morgan fingerprint density at radius 2 is 2.31 bits per heavy atom. The van der Waals surface area contributed by atoms with Crippen LogP contribution < -0.4 is 0 Å². The molecule has 1 aromatic rings. The van der Waals surface area contributed by atoms with Gasteiger partial charge in [-0.05, 0) is 32.3 Å². The fourth-order valence-electron chi connectivity index (χ4n) is 1.84. The maximum Gasteiger partial charge on any atom is 0.158 e. The van der Waals surface area contributed by atoms with Gasteiger partial charge in [0, 0.05) is 12.2 Å². The van der Waals surface area contributed by atoms with Crippen molar-refractivity contribution in [2.75, 3.05) is 6.61 Å². The van der Waals surface area contributed by atoms with Crippen LogP contribution in [0.4, 0.5) is 4.39 Å². The lowest BCUT2D eigenvalue weighted by Crippen LogP contribution is -2.22. The Bertz CT molecular complexity index is 346. The highest BCUT2D eigenvalue weighted by Gasteiger charge is 2.14. The van der Waals surface area contributed by atoms with Gasteiger partial charge in [-0.2, -0.15) is 0 Å². The van der Waals surface area contributed by atoms with Gasteiger partial charge >= 0.3 is 0 Å². The first-order chi connectivity index (χ1) is 7.75. The van der Waals surface area contributed by atoms with Gasteiger partial charge in [0.05, 0.1) is 6.61 Å². The molecule has 0 amide bonds. The molecule has 88 valence electrons. The molecule has 3 heteroatoms. The third kappa shape index (κ3) is 3.03. The van der Waals surface area contributed by atoms with Crippen molar-refractivity contribution in [1.82, 2.24) is 0 Å². The lowest BCUT2D eigenvalue weighted by Gasteiger charge is -2.22. The van der Waals surface area contributed by atoms with E-state index in [0.29, 0.717) is 5.56 Å². The number of aryl methyl sites for hydroxylation is 1. The number of rotatable bonds is 3. The van der Waals surface area contributed by atoms with E-state index in [9.17, 15) is 4.39 Å². The monoisotopic (exact) mass is 224 g/mol. The summed E-state index contributed by atoms with van der Waals surface area (Å²) in [4.78, 5) is 0. The first kappa shape index (κ1) is 11.6. The molecule has 0 radical (unpaired) electrons. The van der Waals surface area contributed by atoms with Crippen LogP contribution in [0.25, 0.3) is 0 Å². The van der Waals surface area contributed by atoms with Gasteiger partial charge in [-0.15, -0.1) is 0 Å². The Morgan fingerprint density at radius 3 is 3.06 bits per heavy atom. The van der Waals surface area contributed by atoms with Crippen molar-refractivity contribution in [3.05, 3.63) is 35.1 Å². The largest absolute Gasteiger partial charge is 0.353 e. The van der Waals surface area contributed by atoms with E-state index in [1.165, 1.54) is 6.07 Å². The molecule has 2 rings (SSSR count). The molecule has 1 aliphatic heterocycles. The molecule has 0 aliphatic carbocycles. The lowest BCUT2D eigenvalue weighted by molar-refractivity contribution is -0.169. The van der Waals surface area contributed by atoms with Crippen LogP contribution >= 0.6 is 0 Å². The highest BCUT2D eigenvalue weighted by atomic mass is 19.1. The van der Waals surface area contributed by atoms with Crippen molar-refractivity contribution >= 4 is 0 Å². The molecule has 1 aromatic carbocycles. The molecule has 1 unspecified atom stereocenters. The highest BCUT2D eigenvalue weighted by molar-refractivity contribution is 5.23. The van der Waals surface area contributed by atoms with Crippen molar-refractivity contribution in [2.45, 2.75) is 39.1 Å². The molecule has 1 aliphatic rings. The summed E-state index contributed by atoms with van der Waals surface area (Å²) in [6, 6.07) is 5.06. The zero-order valence-corrected chi connectivity index (χ0v) is 9.54. The van der Waals surface area contributed by atoms with E-state index in [1.54, 1.807) is 6.07 Å². The van der Waals surface area contributed by atoms with Crippen LogP contribution in [0.2, 0.25) is 0 Å². The van der Waals surface area contributed by atoms with Crippen molar-refractivity contribution in [3.63, 3.8) is 0 Å². The summed E-state index contributed by atoms with van der Waals surface area (Å²) in [6.45, 7) is 2.99. The van der Waals surface area contributed by atoms with Gasteiger partial charge in [0.15, 0.2) is 6.29 Å². The number of hydrogen-bond acceptors (Lipinski definition) is 2.